The van der Waals surface area contributed by atoms with Crippen molar-refractivity contribution in [2.45, 2.75) is 12.5 Å². The summed E-state index contributed by atoms with van der Waals surface area (Å²) in [4.78, 5) is 0. The molecule has 0 aromatic heterocycles. The summed E-state index contributed by atoms with van der Waals surface area (Å²) in [6.07, 6.45) is 5.67. The Labute approximate surface area is 87.8 Å². The number of hydrogen-bond donors (Lipinski definition) is 1. The third-order valence-corrected chi connectivity index (χ3v) is 2.41. The van der Waals surface area contributed by atoms with Gasteiger partial charge in [0.15, 0.2) is 0 Å². The molecule has 0 saturated carbocycles. The van der Waals surface area contributed by atoms with E-state index in [0.29, 0.717) is 16.5 Å². The van der Waals surface area contributed by atoms with E-state index in [1.807, 2.05) is 0 Å². The van der Waals surface area contributed by atoms with Crippen LogP contribution >= 0.6 is 23.2 Å². The topological polar surface area (TPSA) is 26.0 Å². The molecule has 0 amide bonds. The summed E-state index contributed by atoms with van der Waals surface area (Å²) in [7, 11) is 0. The van der Waals surface area contributed by atoms with Gasteiger partial charge in [-0.25, -0.2) is 0 Å². The lowest BCUT2D eigenvalue weighted by molar-refractivity contribution is 0.836. The van der Waals surface area contributed by atoms with E-state index in [1.54, 1.807) is 18.2 Å². The highest BCUT2D eigenvalue weighted by Gasteiger charge is 2.08. The summed E-state index contributed by atoms with van der Waals surface area (Å²) < 4.78 is 0. The van der Waals surface area contributed by atoms with E-state index in [9.17, 15) is 0 Å². The van der Waals surface area contributed by atoms with Gasteiger partial charge in [-0.05, 0) is 17.7 Å². The highest BCUT2D eigenvalue weighted by atomic mass is 35.5. The number of terminal acetylenes is 1. The van der Waals surface area contributed by atoms with Gasteiger partial charge in [0.2, 0.25) is 0 Å². The molecule has 2 N–H and O–H groups in total. The second kappa shape index (κ2) is 4.53. The van der Waals surface area contributed by atoms with Gasteiger partial charge in [0.1, 0.15) is 0 Å². The lowest BCUT2D eigenvalue weighted by Crippen LogP contribution is -2.20. The van der Waals surface area contributed by atoms with Gasteiger partial charge in [0.05, 0.1) is 6.04 Å². The van der Waals surface area contributed by atoms with Crippen LogP contribution < -0.4 is 5.73 Å². The summed E-state index contributed by atoms with van der Waals surface area (Å²) in [5, 5.41) is 1.22. The SMILES string of the molecule is C#CC(N)Cc1c(Cl)cccc1Cl. The normalized spacial score (nSPS) is 12.2. The van der Waals surface area contributed by atoms with Crippen LogP contribution in [0, 0.1) is 12.3 Å². The Kier molecular flexibility index (Phi) is 3.62. The molecular formula is C10H9Cl2N. The molecule has 3 heteroatoms. The van der Waals surface area contributed by atoms with E-state index in [2.05, 4.69) is 5.92 Å². The molecule has 1 atom stereocenters. The summed E-state index contributed by atoms with van der Waals surface area (Å²) in [5.74, 6) is 2.43. The molecule has 0 bridgehead atoms. The van der Waals surface area contributed by atoms with Crippen LogP contribution in [0.2, 0.25) is 10.0 Å². The molecule has 0 spiro atoms. The third-order valence-electron chi connectivity index (χ3n) is 1.70. The number of halogens is 2. The zero-order valence-electron chi connectivity index (χ0n) is 6.93. The van der Waals surface area contributed by atoms with Crippen molar-refractivity contribution in [2.75, 3.05) is 0 Å². The van der Waals surface area contributed by atoms with Crippen LogP contribution in [0.3, 0.4) is 0 Å². The molecule has 0 fully saturated rings. The van der Waals surface area contributed by atoms with Gasteiger partial charge in [-0.2, -0.15) is 0 Å². The molecule has 1 unspecified atom stereocenters. The fourth-order valence-corrected chi connectivity index (χ4v) is 1.56. The minimum atomic E-state index is -0.336. The molecule has 1 aromatic rings. The van der Waals surface area contributed by atoms with Crippen molar-refractivity contribution in [1.82, 2.24) is 0 Å². The highest BCUT2D eigenvalue weighted by molar-refractivity contribution is 6.36. The molecule has 1 aromatic carbocycles. The first kappa shape index (κ1) is 10.4. The number of rotatable bonds is 2. The minimum Gasteiger partial charge on any atom is -0.317 e. The Morgan fingerprint density at radius 1 is 1.38 bits per heavy atom. The average molecular weight is 214 g/mol. The maximum Gasteiger partial charge on any atom is 0.0703 e. The predicted octanol–water partition coefficient (Wildman–Crippen LogP) is 2.50. The van der Waals surface area contributed by atoms with Crippen LogP contribution in [-0.2, 0) is 6.42 Å². The molecule has 0 aliphatic carbocycles. The molecule has 13 heavy (non-hydrogen) atoms. The molecule has 0 saturated heterocycles. The van der Waals surface area contributed by atoms with E-state index in [1.165, 1.54) is 0 Å². The Balaban J connectivity index is 2.95. The minimum absolute atomic E-state index is 0.336. The van der Waals surface area contributed by atoms with Crippen molar-refractivity contribution < 1.29 is 0 Å². The molecule has 0 aliphatic rings. The predicted molar refractivity (Wildman–Crippen MR) is 57.0 cm³/mol. The van der Waals surface area contributed by atoms with Crippen LogP contribution in [0.1, 0.15) is 5.56 Å². The van der Waals surface area contributed by atoms with Crippen LogP contribution in [0.4, 0.5) is 0 Å². The summed E-state index contributed by atoms with van der Waals surface area (Å²) in [5.41, 5.74) is 6.41. The second-order valence-corrected chi connectivity index (χ2v) is 3.49. The first-order chi connectivity index (χ1) is 6.15. The van der Waals surface area contributed by atoms with Crippen LogP contribution in [0.5, 0.6) is 0 Å². The van der Waals surface area contributed by atoms with Crippen molar-refractivity contribution >= 4 is 23.2 Å². The van der Waals surface area contributed by atoms with Crippen molar-refractivity contribution in [3.63, 3.8) is 0 Å². The van der Waals surface area contributed by atoms with Gasteiger partial charge in [0.25, 0.3) is 0 Å². The lowest BCUT2D eigenvalue weighted by Gasteiger charge is -2.08. The molecule has 1 nitrogen and oxygen atoms in total. The zero-order valence-corrected chi connectivity index (χ0v) is 8.44. The number of benzene rings is 1. The van der Waals surface area contributed by atoms with Gasteiger partial charge in [-0.1, -0.05) is 35.2 Å². The molecule has 1 rings (SSSR count). The Bertz CT molecular complexity index is 321. The number of nitrogens with two attached hydrogens (primary N) is 1. The van der Waals surface area contributed by atoms with Crippen molar-refractivity contribution in [2.24, 2.45) is 5.73 Å². The lowest BCUT2D eigenvalue weighted by atomic mass is 10.1. The summed E-state index contributed by atoms with van der Waals surface area (Å²) >= 11 is 11.8. The smallest absolute Gasteiger partial charge is 0.0703 e. The average Bonchev–Trinajstić information content (AvgIpc) is 2.11. The monoisotopic (exact) mass is 213 g/mol. The van der Waals surface area contributed by atoms with E-state index in [-0.39, 0.29) is 6.04 Å². The number of hydrogen-bond acceptors (Lipinski definition) is 1. The molecule has 0 aliphatic heterocycles. The Hall–Kier alpha value is -0.680. The van der Waals surface area contributed by atoms with Gasteiger partial charge < -0.3 is 5.73 Å². The van der Waals surface area contributed by atoms with Crippen LogP contribution in [-0.4, -0.2) is 6.04 Å². The van der Waals surface area contributed by atoms with Crippen LogP contribution in [0.15, 0.2) is 18.2 Å². The molecule has 68 valence electrons. The standard InChI is InChI=1S/C10H9Cl2N/c1-2-7(13)6-8-9(11)4-3-5-10(8)12/h1,3-5,7H,6,13H2. The fourth-order valence-electron chi connectivity index (χ4n) is 1.01. The second-order valence-electron chi connectivity index (χ2n) is 2.68. The van der Waals surface area contributed by atoms with Gasteiger partial charge in [-0.3, -0.25) is 0 Å². The van der Waals surface area contributed by atoms with E-state index in [0.717, 1.165) is 5.56 Å². The van der Waals surface area contributed by atoms with Crippen molar-refractivity contribution in [1.29, 1.82) is 0 Å². The maximum absolute atomic E-state index is 5.92. The Morgan fingerprint density at radius 3 is 2.38 bits per heavy atom. The first-order valence-electron chi connectivity index (χ1n) is 3.79. The quantitative estimate of drug-likeness (QED) is 0.752. The summed E-state index contributed by atoms with van der Waals surface area (Å²) in [6.45, 7) is 0. The largest absolute Gasteiger partial charge is 0.317 e. The Morgan fingerprint density at radius 2 is 1.92 bits per heavy atom. The molecule has 0 radical (unpaired) electrons. The summed E-state index contributed by atoms with van der Waals surface area (Å²) in [6, 6.07) is 4.99. The van der Waals surface area contributed by atoms with E-state index < -0.39 is 0 Å². The molecular weight excluding hydrogens is 205 g/mol. The molecule has 0 heterocycles. The van der Waals surface area contributed by atoms with Crippen LogP contribution in [0.25, 0.3) is 0 Å². The van der Waals surface area contributed by atoms with Crippen molar-refractivity contribution in [3.8, 4) is 12.3 Å². The van der Waals surface area contributed by atoms with Gasteiger partial charge in [-0.15, -0.1) is 6.42 Å². The van der Waals surface area contributed by atoms with Gasteiger partial charge >= 0.3 is 0 Å². The van der Waals surface area contributed by atoms with E-state index >= 15 is 0 Å². The third kappa shape index (κ3) is 2.63. The first-order valence-corrected chi connectivity index (χ1v) is 4.55. The van der Waals surface area contributed by atoms with Gasteiger partial charge in [0, 0.05) is 16.5 Å². The maximum atomic E-state index is 5.92. The highest BCUT2D eigenvalue weighted by Crippen LogP contribution is 2.24. The van der Waals surface area contributed by atoms with Crippen molar-refractivity contribution in [3.05, 3.63) is 33.8 Å². The van der Waals surface area contributed by atoms with E-state index in [4.69, 9.17) is 35.4 Å². The fraction of sp³-hybridized carbons (Fsp3) is 0.200. The zero-order chi connectivity index (χ0) is 9.84.